The molecule has 0 radical (unpaired) electrons. The summed E-state index contributed by atoms with van der Waals surface area (Å²) >= 11 is 0. The number of aromatic nitrogens is 1. The number of para-hydroxylation sites is 1. The van der Waals surface area contributed by atoms with Crippen LogP contribution in [0.5, 0.6) is 0 Å². The van der Waals surface area contributed by atoms with Crippen LogP contribution < -0.4 is 20.7 Å². The summed E-state index contributed by atoms with van der Waals surface area (Å²) in [6, 6.07) is 64.8. The third kappa shape index (κ3) is 4.64. The van der Waals surface area contributed by atoms with Crippen LogP contribution in [0.2, 0.25) is 0 Å². The number of nitriles is 3. The van der Waals surface area contributed by atoms with E-state index in [2.05, 4.69) is 102 Å². The second-order valence-corrected chi connectivity index (χ2v) is 16.0. The summed E-state index contributed by atoms with van der Waals surface area (Å²) in [7, 11) is -3.09. The van der Waals surface area contributed by atoms with E-state index in [9.17, 15) is 15.8 Å². The fourth-order valence-corrected chi connectivity index (χ4v) is 12.6. The van der Waals surface area contributed by atoms with E-state index in [1.807, 2.05) is 91.0 Å². The van der Waals surface area contributed by atoms with Crippen molar-refractivity contribution in [3.05, 3.63) is 187 Å². The first-order chi connectivity index (χ1) is 24.7. The lowest BCUT2D eigenvalue weighted by Gasteiger charge is -2.36. The Labute approximate surface area is 291 Å². The van der Waals surface area contributed by atoms with E-state index in [0.717, 1.165) is 32.6 Å². The molecule has 0 unspecified atom stereocenters. The molecule has 232 valence electrons. The van der Waals surface area contributed by atoms with Crippen LogP contribution in [0.3, 0.4) is 0 Å². The van der Waals surface area contributed by atoms with Crippen molar-refractivity contribution in [2.75, 3.05) is 0 Å². The largest absolute Gasteiger partial charge is 0.308 e. The maximum absolute atomic E-state index is 11.1. The smallest absolute Gasteiger partial charge is 0.180 e. The number of benzene rings is 7. The van der Waals surface area contributed by atoms with Crippen LogP contribution in [0.4, 0.5) is 0 Å². The van der Waals surface area contributed by atoms with Crippen LogP contribution in [0.25, 0.3) is 38.6 Å². The molecule has 0 aliphatic carbocycles. The minimum Gasteiger partial charge on any atom is -0.308 e. The Morgan fingerprint density at radius 3 is 1.64 bits per heavy atom. The van der Waals surface area contributed by atoms with Crippen LogP contribution in [0.15, 0.2) is 170 Å². The first-order valence-corrected chi connectivity index (χ1v) is 18.4. The lowest BCUT2D eigenvalue weighted by atomic mass is 9.95. The van der Waals surface area contributed by atoms with Gasteiger partial charge in [0.1, 0.15) is 6.07 Å². The molecule has 50 heavy (non-hydrogen) atoms. The molecule has 0 N–H and O–H groups in total. The molecule has 7 aromatic carbocycles. The van der Waals surface area contributed by atoms with Crippen LogP contribution in [-0.2, 0) is 0 Å². The highest BCUT2D eigenvalue weighted by Gasteiger charge is 2.43. The molecule has 0 amide bonds. The second-order valence-electron chi connectivity index (χ2n) is 12.2. The lowest BCUT2D eigenvalue weighted by molar-refractivity contribution is 1.17. The third-order valence-corrected chi connectivity index (χ3v) is 14.5. The topological polar surface area (TPSA) is 76.3 Å². The Balaban J connectivity index is 1.51. The van der Waals surface area contributed by atoms with Crippen molar-refractivity contribution < 1.29 is 0 Å². The fourth-order valence-electron chi connectivity index (χ4n) is 7.63. The first kappa shape index (κ1) is 30.4. The predicted octanol–water partition coefficient (Wildman–Crippen LogP) is 7.44. The van der Waals surface area contributed by atoms with E-state index in [4.69, 9.17) is 0 Å². The average molecular weight is 653 g/mol. The summed E-state index contributed by atoms with van der Waals surface area (Å²) in [5, 5.41) is 38.1. The van der Waals surface area contributed by atoms with E-state index in [-0.39, 0.29) is 0 Å². The minimum atomic E-state index is -3.09. The van der Waals surface area contributed by atoms with Crippen molar-refractivity contribution in [2.24, 2.45) is 0 Å². The van der Waals surface area contributed by atoms with Gasteiger partial charge in [-0.2, -0.15) is 15.8 Å². The van der Waals surface area contributed by atoms with Crippen molar-refractivity contribution >= 4 is 50.6 Å². The molecule has 5 heteroatoms. The molecular formula is C45H28N4Si. The molecular weight excluding hydrogens is 625 g/mol. The van der Waals surface area contributed by atoms with E-state index in [1.165, 1.54) is 15.6 Å². The number of hydrogen-bond donors (Lipinski definition) is 0. The Kier molecular flexibility index (Phi) is 7.63. The van der Waals surface area contributed by atoms with E-state index < -0.39 is 8.07 Å². The van der Waals surface area contributed by atoms with Gasteiger partial charge in [0.15, 0.2) is 8.07 Å². The lowest BCUT2D eigenvalue weighted by Crippen LogP contribution is -2.75. The highest BCUT2D eigenvalue weighted by Crippen LogP contribution is 2.37. The average Bonchev–Trinajstić information content (AvgIpc) is 3.52. The van der Waals surface area contributed by atoms with Crippen LogP contribution in [-0.4, -0.2) is 12.6 Å². The summed E-state index contributed by atoms with van der Waals surface area (Å²) < 4.78 is 2.11. The molecule has 1 heterocycles. The van der Waals surface area contributed by atoms with Crippen molar-refractivity contribution in [3.63, 3.8) is 0 Å². The van der Waals surface area contributed by atoms with Gasteiger partial charge >= 0.3 is 0 Å². The van der Waals surface area contributed by atoms with Crippen molar-refractivity contribution in [1.29, 1.82) is 15.8 Å². The number of hydrogen-bond acceptors (Lipinski definition) is 3. The van der Waals surface area contributed by atoms with Crippen molar-refractivity contribution in [3.8, 4) is 35.0 Å². The zero-order valence-corrected chi connectivity index (χ0v) is 28.0. The monoisotopic (exact) mass is 652 g/mol. The summed E-state index contributed by atoms with van der Waals surface area (Å²) in [4.78, 5) is 0. The minimum absolute atomic E-state index is 0.473. The Bertz CT molecular complexity index is 2580. The number of nitrogens with zero attached hydrogens (tertiary/aromatic N) is 4. The second kappa shape index (κ2) is 12.6. The molecule has 4 nitrogen and oxygen atoms in total. The molecule has 0 spiro atoms. The van der Waals surface area contributed by atoms with Gasteiger partial charge in [-0.1, -0.05) is 133 Å². The SMILES string of the molecule is N#Cc1ccc2c(c1)c1ccccc1n2-c1cccc(-c2c(C#N)cccc2[Si](c2ccccc2)(c2ccccc2)c2ccccc2)c1C#N. The Hall–Kier alpha value is -6.97. The summed E-state index contributed by atoms with van der Waals surface area (Å²) in [6.45, 7) is 0. The zero-order valence-electron chi connectivity index (χ0n) is 27.0. The van der Waals surface area contributed by atoms with Crippen LogP contribution in [0, 0.1) is 34.0 Å². The predicted molar refractivity (Wildman–Crippen MR) is 204 cm³/mol. The van der Waals surface area contributed by atoms with Gasteiger partial charge in [-0.05, 0) is 57.1 Å². The van der Waals surface area contributed by atoms with Gasteiger partial charge in [0.2, 0.25) is 0 Å². The van der Waals surface area contributed by atoms with Gasteiger partial charge in [-0.25, -0.2) is 0 Å². The molecule has 0 fully saturated rings. The molecule has 8 aromatic rings. The van der Waals surface area contributed by atoms with Crippen LogP contribution >= 0.6 is 0 Å². The maximum atomic E-state index is 11.1. The molecule has 0 atom stereocenters. The normalized spacial score (nSPS) is 11.1. The summed E-state index contributed by atoms with van der Waals surface area (Å²) in [6.07, 6.45) is 0. The standard InChI is InChI=1S/C45H28N4Si/c46-29-32-26-27-43-39(28-32)37-21-10-11-23-41(37)49(43)42-24-13-22-38(40(42)31-48)45-33(30-47)14-12-25-44(45)50(34-15-4-1-5-16-34,35-17-6-2-7-18-35)36-19-8-3-9-20-36/h1-28H. The third-order valence-electron chi connectivity index (χ3n) is 9.68. The van der Waals surface area contributed by atoms with Gasteiger partial charge < -0.3 is 4.57 Å². The van der Waals surface area contributed by atoms with Gasteiger partial charge in [-0.15, -0.1) is 0 Å². The molecule has 0 aliphatic rings. The van der Waals surface area contributed by atoms with Gasteiger partial charge in [0, 0.05) is 21.9 Å². The Morgan fingerprint density at radius 1 is 0.460 bits per heavy atom. The molecule has 0 saturated heterocycles. The highest BCUT2D eigenvalue weighted by molar-refractivity contribution is 7.20. The first-order valence-electron chi connectivity index (χ1n) is 16.4. The van der Waals surface area contributed by atoms with E-state index in [1.54, 1.807) is 0 Å². The van der Waals surface area contributed by atoms with Gasteiger partial charge in [0.05, 0.1) is 45.5 Å². The highest BCUT2D eigenvalue weighted by atomic mass is 28.3. The van der Waals surface area contributed by atoms with Crippen molar-refractivity contribution in [1.82, 2.24) is 4.57 Å². The van der Waals surface area contributed by atoms with Gasteiger partial charge in [0.25, 0.3) is 0 Å². The summed E-state index contributed by atoms with van der Waals surface area (Å²) in [5.74, 6) is 0. The zero-order chi connectivity index (χ0) is 34.1. The van der Waals surface area contributed by atoms with E-state index >= 15 is 0 Å². The quantitative estimate of drug-likeness (QED) is 0.138. The molecule has 8 rings (SSSR count). The van der Waals surface area contributed by atoms with E-state index in [0.29, 0.717) is 27.9 Å². The van der Waals surface area contributed by atoms with Crippen molar-refractivity contribution in [2.45, 2.75) is 0 Å². The molecule has 0 saturated carbocycles. The van der Waals surface area contributed by atoms with Gasteiger partial charge in [-0.3, -0.25) is 0 Å². The van der Waals surface area contributed by atoms with Crippen LogP contribution in [0.1, 0.15) is 16.7 Å². The number of fused-ring (bicyclic) bond motifs is 3. The molecule has 0 aliphatic heterocycles. The Morgan fingerprint density at radius 2 is 1.04 bits per heavy atom. The molecule has 0 bridgehead atoms. The summed E-state index contributed by atoms with van der Waals surface area (Å²) in [5.41, 5.74) is 5.57. The molecule has 1 aromatic heterocycles. The fraction of sp³-hybridized carbons (Fsp3) is 0. The maximum Gasteiger partial charge on any atom is 0.180 e. The number of rotatable bonds is 6.